The van der Waals surface area contributed by atoms with Crippen LogP contribution in [0.5, 0.6) is 5.75 Å². The van der Waals surface area contributed by atoms with Gasteiger partial charge in [-0.25, -0.2) is 0 Å². The standard InChI is InChI=1S/C12H13NO/c13-10-12(6-7-12)8-9-14-11-4-2-1-3-5-11/h1-5H,6-9H2. The maximum atomic E-state index is 8.85. The minimum Gasteiger partial charge on any atom is -0.494 e. The highest BCUT2D eigenvalue weighted by atomic mass is 16.5. The fourth-order valence-electron chi connectivity index (χ4n) is 1.45. The highest BCUT2D eigenvalue weighted by Gasteiger charge is 2.42. The molecule has 2 nitrogen and oxygen atoms in total. The molecule has 2 heteroatoms. The molecule has 1 aromatic carbocycles. The first-order valence-corrected chi connectivity index (χ1v) is 4.94. The third-order valence-corrected chi connectivity index (χ3v) is 2.68. The van der Waals surface area contributed by atoms with E-state index in [2.05, 4.69) is 6.07 Å². The van der Waals surface area contributed by atoms with Gasteiger partial charge in [0.05, 0.1) is 18.1 Å². The molecule has 0 radical (unpaired) electrons. The summed E-state index contributed by atoms with van der Waals surface area (Å²) in [6.07, 6.45) is 2.95. The van der Waals surface area contributed by atoms with Gasteiger partial charge in [0.15, 0.2) is 0 Å². The molecule has 0 aromatic heterocycles. The second-order valence-corrected chi connectivity index (χ2v) is 3.80. The maximum absolute atomic E-state index is 8.85. The lowest BCUT2D eigenvalue weighted by Crippen LogP contribution is -2.05. The van der Waals surface area contributed by atoms with Crippen LogP contribution in [0.15, 0.2) is 30.3 Å². The third kappa shape index (κ3) is 2.05. The Bertz CT molecular complexity index is 335. The SMILES string of the molecule is N#CC1(CCOc2ccccc2)CC1. The van der Waals surface area contributed by atoms with Crippen LogP contribution < -0.4 is 4.74 Å². The van der Waals surface area contributed by atoms with E-state index < -0.39 is 0 Å². The van der Waals surface area contributed by atoms with E-state index in [1.54, 1.807) is 0 Å². The Hall–Kier alpha value is -1.49. The zero-order valence-electron chi connectivity index (χ0n) is 8.07. The van der Waals surface area contributed by atoms with Gasteiger partial charge in [-0.1, -0.05) is 18.2 Å². The summed E-state index contributed by atoms with van der Waals surface area (Å²) in [6.45, 7) is 0.650. The van der Waals surface area contributed by atoms with Crippen LogP contribution in [0.3, 0.4) is 0 Å². The Kier molecular flexibility index (Phi) is 2.41. The van der Waals surface area contributed by atoms with Gasteiger partial charge in [0.25, 0.3) is 0 Å². The molecule has 0 amide bonds. The minimum absolute atomic E-state index is 0.0468. The molecule has 0 bridgehead atoms. The Labute approximate surface area is 84.1 Å². The molecular weight excluding hydrogens is 174 g/mol. The smallest absolute Gasteiger partial charge is 0.119 e. The van der Waals surface area contributed by atoms with Gasteiger partial charge in [0.1, 0.15) is 5.75 Å². The molecule has 1 saturated carbocycles. The molecule has 1 aliphatic carbocycles. The number of nitriles is 1. The first kappa shape index (κ1) is 9.08. The summed E-state index contributed by atoms with van der Waals surface area (Å²) in [5.74, 6) is 0.890. The molecule has 1 aliphatic rings. The largest absolute Gasteiger partial charge is 0.494 e. The molecule has 0 heterocycles. The first-order valence-electron chi connectivity index (χ1n) is 4.94. The lowest BCUT2D eigenvalue weighted by Gasteiger charge is -2.07. The fourth-order valence-corrected chi connectivity index (χ4v) is 1.45. The summed E-state index contributed by atoms with van der Waals surface area (Å²) in [5, 5.41) is 8.85. The predicted molar refractivity (Wildman–Crippen MR) is 53.8 cm³/mol. The van der Waals surface area contributed by atoms with Crippen LogP contribution in [-0.2, 0) is 0 Å². The van der Waals surface area contributed by atoms with Crippen molar-refractivity contribution in [2.75, 3.05) is 6.61 Å². The van der Waals surface area contributed by atoms with Crippen LogP contribution >= 0.6 is 0 Å². The quantitative estimate of drug-likeness (QED) is 0.726. The zero-order chi connectivity index (χ0) is 9.86. The van der Waals surface area contributed by atoms with Gasteiger partial charge >= 0.3 is 0 Å². The van der Waals surface area contributed by atoms with Crippen LogP contribution in [-0.4, -0.2) is 6.61 Å². The van der Waals surface area contributed by atoms with E-state index in [9.17, 15) is 0 Å². The summed E-state index contributed by atoms with van der Waals surface area (Å²) in [4.78, 5) is 0. The van der Waals surface area contributed by atoms with Gasteiger partial charge in [-0.2, -0.15) is 5.26 Å². The van der Waals surface area contributed by atoms with Crippen LogP contribution in [0.1, 0.15) is 19.3 Å². The van der Waals surface area contributed by atoms with Crippen LogP contribution in [0, 0.1) is 16.7 Å². The second kappa shape index (κ2) is 3.71. The highest BCUT2D eigenvalue weighted by molar-refractivity contribution is 5.21. The number of hydrogen-bond donors (Lipinski definition) is 0. The zero-order valence-corrected chi connectivity index (χ0v) is 8.07. The molecule has 0 atom stereocenters. The molecule has 0 N–H and O–H groups in total. The van der Waals surface area contributed by atoms with E-state index >= 15 is 0 Å². The Balaban J connectivity index is 1.77. The lowest BCUT2D eigenvalue weighted by molar-refractivity contribution is 0.288. The molecule has 72 valence electrons. The van der Waals surface area contributed by atoms with E-state index in [0.717, 1.165) is 25.0 Å². The minimum atomic E-state index is -0.0468. The Morgan fingerprint density at radius 1 is 1.29 bits per heavy atom. The van der Waals surface area contributed by atoms with E-state index in [-0.39, 0.29) is 5.41 Å². The molecule has 0 unspecified atom stereocenters. The summed E-state index contributed by atoms with van der Waals surface area (Å²) in [5.41, 5.74) is -0.0468. The van der Waals surface area contributed by atoms with E-state index in [1.807, 2.05) is 30.3 Å². The van der Waals surface area contributed by atoms with Gasteiger partial charge in [0, 0.05) is 6.42 Å². The van der Waals surface area contributed by atoms with E-state index in [0.29, 0.717) is 6.61 Å². The van der Waals surface area contributed by atoms with Gasteiger partial charge in [-0.15, -0.1) is 0 Å². The number of hydrogen-bond acceptors (Lipinski definition) is 2. The number of ether oxygens (including phenoxy) is 1. The molecule has 1 aromatic rings. The molecule has 0 saturated heterocycles. The molecule has 0 aliphatic heterocycles. The number of benzene rings is 1. The van der Waals surface area contributed by atoms with Gasteiger partial charge in [-0.05, 0) is 25.0 Å². The monoisotopic (exact) mass is 187 g/mol. The van der Waals surface area contributed by atoms with Crippen molar-refractivity contribution in [3.63, 3.8) is 0 Å². The van der Waals surface area contributed by atoms with E-state index in [4.69, 9.17) is 10.00 Å². The van der Waals surface area contributed by atoms with Gasteiger partial charge < -0.3 is 4.74 Å². The van der Waals surface area contributed by atoms with Crippen LogP contribution in [0.4, 0.5) is 0 Å². The molecule has 2 rings (SSSR count). The summed E-state index contributed by atoms with van der Waals surface area (Å²) in [6, 6.07) is 12.1. The van der Waals surface area contributed by atoms with Crippen molar-refractivity contribution in [3.05, 3.63) is 30.3 Å². The molecular formula is C12H13NO. The van der Waals surface area contributed by atoms with Gasteiger partial charge in [-0.3, -0.25) is 0 Å². The van der Waals surface area contributed by atoms with E-state index in [1.165, 1.54) is 0 Å². The van der Waals surface area contributed by atoms with Crippen molar-refractivity contribution in [2.24, 2.45) is 5.41 Å². The number of nitrogens with zero attached hydrogens (tertiary/aromatic N) is 1. The molecule has 14 heavy (non-hydrogen) atoms. The van der Waals surface area contributed by atoms with Crippen molar-refractivity contribution >= 4 is 0 Å². The summed E-state index contributed by atoms with van der Waals surface area (Å²) < 4.78 is 5.53. The van der Waals surface area contributed by atoms with Crippen molar-refractivity contribution in [1.29, 1.82) is 5.26 Å². The first-order chi connectivity index (χ1) is 6.85. The van der Waals surface area contributed by atoms with Gasteiger partial charge in [0.2, 0.25) is 0 Å². The van der Waals surface area contributed by atoms with Crippen molar-refractivity contribution in [1.82, 2.24) is 0 Å². The molecule has 1 fully saturated rings. The van der Waals surface area contributed by atoms with Crippen LogP contribution in [0.2, 0.25) is 0 Å². The number of rotatable bonds is 4. The van der Waals surface area contributed by atoms with Crippen LogP contribution in [0.25, 0.3) is 0 Å². The fraction of sp³-hybridized carbons (Fsp3) is 0.417. The molecule has 0 spiro atoms. The number of para-hydroxylation sites is 1. The second-order valence-electron chi connectivity index (χ2n) is 3.80. The lowest BCUT2D eigenvalue weighted by atomic mass is 10.1. The van der Waals surface area contributed by atoms with Crippen molar-refractivity contribution in [3.8, 4) is 11.8 Å². The van der Waals surface area contributed by atoms with Crippen molar-refractivity contribution in [2.45, 2.75) is 19.3 Å². The average molecular weight is 187 g/mol. The average Bonchev–Trinajstić information content (AvgIpc) is 3.00. The maximum Gasteiger partial charge on any atom is 0.119 e. The topological polar surface area (TPSA) is 33.0 Å². The predicted octanol–water partition coefficient (Wildman–Crippen LogP) is 2.76. The third-order valence-electron chi connectivity index (χ3n) is 2.68. The van der Waals surface area contributed by atoms with Crippen molar-refractivity contribution < 1.29 is 4.74 Å². The Morgan fingerprint density at radius 3 is 2.57 bits per heavy atom. The summed E-state index contributed by atoms with van der Waals surface area (Å²) in [7, 11) is 0. The normalized spacial score (nSPS) is 17.1. The summed E-state index contributed by atoms with van der Waals surface area (Å²) >= 11 is 0. The Morgan fingerprint density at radius 2 is 2.00 bits per heavy atom. The highest BCUT2D eigenvalue weighted by Crippen LogP contribution is 2.47.